The van der Waals surface area contributed by atoms with Crippen molar-refractivity contribution in [2.75, 3.05) is 7.05 Å². The number of benzene rings is 2. The third kappa shape index (κ3) is 4.51. The molecule has 0 atom stereocenters. The van der Waals surface area contributed by atoms with E-state index in [4.69, 9.17) is 0 Å². The van der Waals surface area contributed by atoms with E-state index in [9.17, 15) is 9.18 Å². The van der Waals surface area contributed by atoms with Gasteiger partial charge in [-0.3, -0.25) is 4.79 Å². The Morgan fingerprint density at radius 1 is 1.12 bits per heavy atom. The van der Waals surface area contributed by atoms with Crippen molar-refractivity contribution in [3.8, 4) is 10.6 Å². The first-order valence-electron chi connectivity index (χ1n) is 8.10. The number of carbonyl (C=O) groups is 1. The summed E-state index contributed by atoms with van der Waals surface area (Å²) < 4.78 is 13.8. The Morgan fingerprint density at radius 3 is 2.60 bits per heavy atom. The van der Waals surface area contributed by atoms with Crippen molar-refractivity contribution in [3.05, 3.63) is 77.1 Å². The van der Waals surface area contributed by atoms with Gasteiger partial charge in [0.05, 0.1) is 5.69 Å². The highest BCUT2D eigenvalue weighted by Crippen LogP contribution is 2.26. The van der Waals surface area contributed by atoms with Crippen molar-refractivity contribution in [2.24, 2.45) is 0 Å². The summed E-state index contributed by atoms with van der Waals surface area (Å²) in [6, 6.07) is 16.5. The van der Waals surface area contributed by atoms with Gasteiger partial charge in [-0.2, -0.15) is 0 Å². The predicted octanol–water partition coefficient (Wildman–Crippen LogP) is 4.54. The zero-order chi connectivity index (χ0) is 17.6. The van der Waals surface area contributed by atoms with Crippen LogP contribution in [0.15, 0.2) is 60.0 Å². The van der Waals surface area contributed by atoms with Crippen LogP contribution in [-0.2, 0) is 17.8 Å². The second-order valence-corrected chi connectivity index (χ2v) is 6.72. The quantitative estimate of drug-likeness (QED) is 0.651. The van der Waals surface area contributed by atoms with Crippen LogP contribution in [0, 0.1) is 5.82 Å². The molecule has 1 amide bonds. The third-order valence-corrected chi connectivity index (χ3v) is 4.86. The average molecular weight is 354 g/mol. The van der Waals surface area contributed by atoms with Crippen LogP contribution in [0.2, 0.25) is 0 Å². The molecule has 5 heteroatoms. The molecular formula is C20H19FN2OS. The molecule has 0 spiro atoms. The van der Waals surface area contributed by atoms with Crippen LogP contribution in [0.25, 0.3) is 10.6 Å². The standard InChI is InChI=1S/C20H19FN2OS/c1-23(13-15-7-3-2-4-8-15)19(24)12-11-16-14-25-20(22-16)17-9-5-6-10-18(17)21/h2-10,14H,11-13H2,1H3. The van der Waals surface area contributed by atoms with Gasteiger partial charge in [0.25, 0.3) is 0 Å². The first-order valence-corrected chi connectivity index (χ1v) is 8.98. The van der Waals surface area contributed by atoms with Crippen LogP contribution >= 0.6 is 11.3 Å². The van der Waals surface area contributed by atoms with Gasteiger partial charge in [-0.15, -0.1) is 11.3 Å². The van der Waals surface area contributed by atoms with E-state index in [1.165, 1.54) is 17.4 Å². The van der Waals surface area contributed by atoms with E-state index in [1.807, 2.05) is 35.7 Å². The van der Waals surface area contributed by atoms with Gasteiger partial charge in [0.1, 0.15) is 10.8 Å². The van der Waals surface area contributed by atoms with E-state index < -0.39 is 0 Å². The smallest absolute Gasteiger partial charge is 0.223 e. The molecule has 0 saturated heterocycles. The molecule has 3 nitrogen and oxygen atoms in total. The molecule has 128 valence electrons. The fourth-order valence-corrected chi connectivity index (χ4v) is 3.43. The van der Waals surface area contributed by atoms with Gasteiger partial charge in [0, 0.05) is 31.0 Å². The highest BCUT2D eigenvalue weighted by molar-refractivity contribution is 7.13. The summed E-state index contributed by atoms with van der Waals surface area (Å²) in [5, 5.41) is 2.55. The minimum Gasteiger partial charge on any atom is -0.341 e. The lowest BCUT2D eigenvalue weighted by Gasteiger charge is -2.17. The highest BCUT2D eigenvalue weighted by Gasteiger charge is 2.12. The lowest BCUT2D eigenvalue weighted by atomic mass is 10.2. The van der Waals surface area contributed by atoms with E-state index in [2.05, 4.69) is 4.98 Å². The minimum absolute atomic E-state index is 0.0734. The molecule has 2 aromatic carbocycles. The van der Waals surface area contributed by atoms with Crippen LogP contribution in [-0.4, -0.2) is 22.8 Å². The maximum atomic E-state index is 13.8. The molecule has 1 heterocycles. The summed E-state index contributed by atoms with van der Waals surface area (Å²) in [6.07, 6.45) is 0.951. The molecule has 0 aliphatic heterocycles. The molecule has 1 aromatic heterocycles. The topological polar surface area (TPSA) is 33.2 Å². The molecule has 0 bridgehead atoms. The largest absolute Gasteiger partial charge is 0.341 e. The number of hydrogen-bond donors (Lipinski definition) is 0. The monoisotopic (exact) mass is 354 g/mol. The summed E-state index contributed by atoms with van der Waals surface area (Å²) in [6.45, 7) is 0.594. The number of amides is 1. The van der Waals surface area contributed by atoms with Gasteiger partial charge in [-0.25, -0.2) is 9.37 Å². The Kier molecular flexibility index (Phi) is 5.56. The molecule has 0 fully saturated rings. The molecule has 3 aromatic rings. The number of aromatic nitrogens is 1. The van der Waals surface area contributed by atoms with Crippen molar-refractivity contribution in [1.82, 2.24) is 9.88 Å². The van der Waals surface area contributed by atoms with E-state index in [0.717, 1.165) is 11.3 Å². The van der Waals surface area contributed by atoms with Crippen molar-refractivity contribution in [1.29, 1.82) is 0 Å². The molecule has 0 unspecified atom stereocenters. The number of aryl methyl sites for hydroxylation is 1. The van der Waals surface area contributed by atoms with Crippen LogP contribution in [0.1, 0.15) is 17.7 Å². The van der Waals surface area contributed by atoms with Crippen LogP contribution in [0.5, 0.6) is 0 Å². The number of thiazole rings is 1. The molecular weight excluding hydrogens is 335 g/mol. The zero-order valence-electron chi connectivity index (χ0n) is 14.0. The van der Waals surface area contributed by atoms with Crippen molar-refractivity contribution in [3.63, 3.8) is 0 Å². The summed E-state index contributed by atoms with van der Waals surface area (Å²) >= 11 is 1.40. The first kappa shape index (κ1) is 17.3. The number of carbonyl (C=O) groups excluding carboxylic acids is 1. The second kappa shape index (κ2) is 8.03. The Bertz CT molecular complexity index is 848. The maximum Gasteiger partial charge on any atom is 0.223 e. The van der Waals surface area contributed by atoms with Gasteiger partial charge in [0.15, 0.2) is 0 Å². The van der Waals surface area contributed by atoms with Crippen molar-refractivity contribution < 1.29 is 9.18 Å². The van der Waals surface area contributed by atoms with E-state index >= 15 is 0 Å². The molecule has 0 N–H and O–H groups in total. The molecule has 3 rings (SSSR count). The Morgan fingerprint density at radius 2 is 1.84 bits per heavy atom. The lowest BCUT2D eigenvalue weighted by Crippen LogP contribution is -2.26. The number of nitrogens with zero attached hydrogens (tertiary/aromatic N) is 2. The minimum atomic E-state index is -0.276. The van der Waals surface area contributed by atoms with Gasteiger partial charge < -0.3 is 4.90 Å². The summed E-state index contributed by atoms with van der Waals surface area (Å²) in [5.74, 6) is -0.202. The lowest BCUT2D eigenvalue weighted by molar-refractivity contribution is -0.130. The number of halogens is 1. The van der Waals surface area contributed by atoms with E-state index in [1.54, 1.807) is 30.1 Å². The van der Waals surface area contributed by atoms with Crippen LogP contribution in [0.3, 0.4) is 0 Å². The normalized spacial score (nSPS) is 10.6. The molecule has 0 aliphatic rings. The van der Waals surface area contributed by atoms with Crippen molar-refractivity contribution >= 4 is 17.2 Å². The maximum absolute atomic E-state index is 13.8. The number of hydrogen-bond acceptors (Lipinski definition) is 3. The zero-order valence-corrected chi connectivity index (χ0v) is 14.8. The molecule has 0 saturated carbocycles. The fraction of sp³-hybridized carbons (Fsp3) is 0.200. The Balaban J connectivity index is 1.57. The number of rotatable bonds is 6. The van der Waals surface area contributed by atoms with Crippen LogP contribution < -0.4 is 0 Å². The Labute approximate surface area is 150 Å². The van der Waals surface area contributed by atoms with Gasteiger partial charge >= 0.3 is 0 Å². The average Bonchev–Trinajstić information content (AvgIpc) is 3.09. The SMILES string of the molecule is CN(Cc1ccccc1)C(=O)CCc1csc(-c2ccccc2F)n1. The molecule has 0 aliphatic carbocycles. The predicted molar refractivity (Wildman–Crippen MR) is 98.7 cm³/mol. The first-order chi connectivity index (χ1) is 12.1. The third-order valence-electron chi connectivity index (χ3n) is 3.94. The molecule has 0 radical (unpaired) electrons. The van der Waals surface area contributed by atoms with Gasteiger partial charge in [0.2, 0.25) is 5.91 Å². The van der Waals surface area contributed by atoms with Crippen LogP contribution in [0.4, 0.5) is 4.39 Å². The summed E-state index contributed by atoms with van der Waals surface area (Å²) in [5.41, 5.74) is 2.44. The van der Waals surface area contributed by atoms with Gasteiger partial charge in [-0.05, 0) is 24.1 Å². The van der Waals surface area contributed by atoms with Gasteiger partial charge in [-0.1, -0.05) is 42.5 Å². The fourth-order valence-electron chi connectivity index (χ4n) is 2.55. The Hall–Kier alpha value is -2.53. The van der Waals surface area contributed by atoms with E-state index in [-0.39, 0.29) is 11.7 Å². The van der Waals surface area contributed by atoms with Crippen molar-refractivity contribution in [2.45, 2.75) is 19.4 Å². The second-order valence-electron chi connectivity index (χ2n) is 5.86. The summed E-state index contributed by atoms with van der Waals surface area (Å²) in [7, 11) is 1.81. The summed E-state index contributed by atoms with van der Waals surface area (Å²) in [4.78, 5) is 18.5. The molecule has 25 heavy (non-hydrogen) atoms. The highest BCUT2D eigenvalue weighted by atomic mass is 32.1. The van der Waals surface area contributed by atoms with E-state index in [0.29, 0.717) is 30.0 Å².